The maximum absolute atomic E-state index is 6.46. The van der Waals surface area contributed by atoms with E-state index >= 15 is 0 Å². The molecule has 0 heterocycles. The average molecular weight is 316 g/mol. The maximum atomic E-state index is 6.46. The largest absolute Gasteiger partial charge is 0.492 e. The summed E-state index contributed by atoms with van der Waals surface area (Å²) in [7, 11) is 0. The first-order valence-electron chi connectivity index (χ1n) is 7.52. The van der Waals surface area contributed by atoms with Crippen LogP contribution in [0.5, 0.6) is 5.75 Å². The van der Waals surface area contributed by atoms with Crippen LogP contribution in [0.3, 0.4) is 0 Å². The topological polar surface area (TPSA) is 21.3 Å². The van der Waals surface area contributed by atoms with Gasteiger partial charge >= 0.3 is 0 Å². The van der Waals surface area contributed by atoms with Gasteiger partial charge in [-0.1, -0.05) is 36.5 Å². The molecule has 20 heavy (non-hydrogen) atoms. The van der Waals surface area contributed by atoms with E-state index in [-0.39, 0.29) is 0 Å². The van der Waals surface area contributed by atoms with Gasteiger partial charge in [0.2, 0.25) is 0 Å². The molecule has 0 bridgehead atoms. The lowest BCUT2D eigenvalue weighted by atomic mass is 9.77. The summed E-state index contributed by atoms with van der Waals surface area (Å²) in [6, 6.07) is 4.13. The van der Waals surface area contributed by atoms with Crippen molar-refractivity contribution in [3.63, 3.8) is 0 Å². The second-order valence-corrected chi connectivity index (χ2v) is 6.17. The second kappa shape index (κ2) is 7.53. The molecule has 0 spiro atoms. The lowest BCUT2D eigenvalue weighted by Gasteiger charge is -2.35. The molecule has 1 unspecified atom stereocenters. The van der Waals surface area contributed by atoms with Crippen molar-refractivity contribution in [1.29, 1.82) is 0 Å². The van der Waals surface area contributed by atoms with Crippen molar-refractivity contribution in [3.05, 3.63) is 27.7 Å². The fourth-order valence-electron chi connectivity index (χ4n) is 2.65. The summed E-state index contributed by atoms with van der Waals surface area (Å²) < 4.78 is 5.50. The molecule has 0 aliphatic heterocycles. The number of hydrogen-bond acceptors (Lipinski definition) is 2. The van der Waals surface area contributed by atoms with Crippen molar-refractivity contribution in [3.8, 4) is 5.75 Å². The van der Waals surface area contributed by atoms with E-state index in [1.807, 2.05) is 19.1 Å². The molecule has 1 atom stereocenters. The van der Waals surface area contributed by atoms with Gasteiger partial charge < -0.3 is 10.1 Å². The minimum absolute atomic E-state index is 0.310. The summed E-state index contributed by atoms with van der Waals surface area (Å²) in [4.78, 5) is 0. The van der Waals surface area contributed by atoms with Crippen LogP contribution < -0.4 is 10.1 Å². The van der Waals surface area contributed by atoms with Crippen molar-refractivity contribution in [2.24, 2.45) is 5.92 Å². The molecule has 1 aromatic rings. The molecular formula is C16H23Cl2NO. The minimum Gasteiger partial charge on any atom is -0.492 e. The SMILES string of the molecule is CCCNC(c1cc(Cl)c(OCC)cc1Cl)C1CCC1. The van der Waals surface area contributed by atoms with E-state index < -0.39 is 0 Å². The first-order valence-corrected chi connectivity index (χ1v) is 8.28. The summed E-state index contributed by atoms with van der Waals surface area (Å²) in [5.41, 5.74) is 1.11. The number of halogens is 2. The zero-order valence-corrected chi connectivity index (χ0v) is 13.7. The number of rotatable bonds is 7. The number of nitrogens with one attached hydrogen (secondary N) is 1. The highest BCUT2D eigenvalue weighted by Gasteiger charge is 2.30. The molecule has 0 aromatic heterocycles. The molecule has 2 nitrogen and oxygen atoms in total. The molecule has 4 heteroatoms. The van der Waals surface area contributed by atoms with Gasteiger partial charge in [-0.15, -0.1) is 0 Å². The van der Waals surface area contributed by atoms with Crippen molar-refractivity contribution in [2.45, 2.75) is 45.6 Å². The summed E-state index contributed by atoms with van der Waals surface area (Å²) in [5.74, 6) is 1.35. The highest BCUT2D eigenvalue weighted by Crippen LogP contribution is 2.42. The smallest absolute Gasteiger partial charge is 0.139 e. The third-order valence-electron chi connectivity index (χ3n) is 3.92. The fourth-order valence-corrected chi connectivity index (χ4v) is 3.15. The van der Waals surface area contributed by atoms with Crippen LogP contribution in [0, 0.1) is 5.92 Å². The monoisotopic (exact) mass is 315 g/mol. The van der Waals surface area contributed by atoms with E-state index in [0.29, 0.717) is 29.3 Å². The van der Waals surface area contributed by atoms with Crippen LogP contribution in [0.15, 0.2) is 12.1 Å². The van der Waals surface area contributed by atoms with Crippen LogP contribution in [0.1, 0.15) is 51.1 Å². The second-order valence-electron chi connectivity index (χ2n) is 5.36. The Hall–Kier alpha value is -0.440. The number of benzene rings is 1. The normalized spacial score (nSPS) is 16.8. The summed E-state index contributed by atoms with van der Waals surface area (Å²) in [6.07, 6.45) is 4.97. The lowest BCUT2D eigenvalue weighted by molar-refractivity contribution is 0.231. The van der Waals surface area contributed by atoms with Crippen molar-refractivity contribution < 1.29 is 4.74 Å². The zero-order chi connectivity index (χ0) is 14.5. The molecule has 1 aliphatic carbocycles. The average Bonchev–Trinajstić information content (AvgIpc) is 2.36. The Labute approximate surface area is 131 Å². The van der Waals surface area contributed by atoms with E-state index in [2.05, 4.69) is 12.2 Å². The van der Waals surface area contributed by atoms with Crippen molar-refractivity contribution in [2.75, 3.05) is 13.2 Å². The van der Waals surface area contributed by atoms with Crippen LogP contribution in [-0.2, 0) is 0 Å². The molecule has 112 valence electrons. The number of ether oxygens (including phenoxy) is 1. The van der Waals surface area contributed by atoms with E-state index in [1.165, 1.54) is 19.3 Å². The maximum Gasteiger partial charge on any atom is 0.139 e. The van der Waals surface area contributed by atoms with Gasteiger partial charge in [0.1, 0.15) is 5.75 Å². The van der Waals surface area contributed by atoms with Crippen LogP contribution in [0.2, 0.25) is 10.0 Å². The van der Waals surface area contributed by atoms with E-state index in [0.717, 1.165) is 23.6 Å². The van der Waals surface area contributed by atoms with Gasteiger partial charge in [-0.3, -0.25) is 0 Å². The summed E-state index contributed by atoms with van der Waals surface area (Å²) >= 11 is 12.8. The van der Waals surface area contributed by atoms with Gasteiger partial charge in [-0.2, -0.15) is 0 Å². The molecule has 2 rings (SSSR count). The van der Waals surface area contributed by atoms with Crippen LogP contribution in [0.25, 0.3) is 0 Å². The Morgan fingerprint density at radius 2 is 2.00 bits per heavy atom. The third-order valence-corrected chi connectivity index (χ3v) is 4.54. The number of hydrogen-bond donors (Lipinski definition) is 1. The fraction of sp³-hybridized carbons (Fsp3) is 0.625. The van der Waals surface area contributed by atoms with Crippen molar-refractivity contribution in [1.82, 2.24) is 5.32 Å². The highest BCUT2D eigenvalue weighted by molar-refractivity contribution is 6.34. The first-order chi connectivity index (χ1) is 9.67. The molecule has 1 saturated carbocycles. The lowest BCUT2D eigenvalue weighted by Crippen LogP contribution is -2.32. The summed E-state index contributed by atoms with van der Waals surface area (Å²) in [5, 5.41) is 5.02. The van der Waals surface area contributed by atoms with Crippen LogP contribution in [-0.4, -0.2) is 13.2 Å². The summed E-state index contributed by atoms with van der Waals surface area (Å²) in [6.45, 7) is 5.72. The molecular weight excluding hydrogens is 293 g/mol. The van der Waals surface area contributed by atoms with Crippen molar-refractivity contribution >= 4 is 23.2 Å². The predicted octanol–water partition coefficient (Wildman–Crippen LogP) is 5.23. The molecule has 0 amide bonds. The standard InChI is InChI=1S/C16H23Cl2NO/c1-3-8-19-16(11-6-5-7-11)12-9-14(18)15(20-4-2)10-13(12)17/h9-11,16,19H,3-8H2,1-2H3. The Kier molecular flexibility index (Phi) is 6.01. The van der Waals surface area contributed by atoms with Crippen LogP contribution in [0.4, 0.5) is 0 Å². The van der Waals surface area contributed by atoms with Gasteiger partial charge in [0.15, 0.2) is 0 Å². The highest BCUT2D eigenvalue weighted by atomic mass is 35.5. The quantitative estimate of drug-likeness (QED) is 0.743. The third kappa shape index (κ3) is 3.60. The van der Waals surface area contributed by atoms with Gasteiger partial charge in [-0.05, 0) is 50.3 Å². The molecule has 0 radical (unpaired) electrons. The van der Waals surface area contributed by atoms with Gasteiger partial charge in [0, 0.05) is 17.1 Å². The predicted molar refractivity (Wildman–Crippen MR) is 86.0 cm³/mol. The Morgan fingerprint density at radius 3 is 2.55 bits per heavy atom. The van der Waals surface area contributed by atoms with E-state index in [9.17, 15) is 0 Å². The van der Waals surface area contributed by atoms with Crippen LogP contribution >= 0.6 is 23.2 Å². The van der Waals surface area contributed by atoms with E-state index in [1.54, 1.807) is 0 Å². The minimum atomic E-state index is 0.310. The Balaban J connectivity index is 2.25. The molecule has 1 aliphatic rings. The molecule has 1 aromatic carbocycles. The van der Waals surface area contributed by atoms with Gasteiger partial charge in [0.25, 0.3) is 0 Å². The Bertz CT molecular complexity index is 446. The van der Waals surface area contributed by atoms with Gasteiger partial charge in [-0.25, -0.2) is 0 Å². The molecule has 0 saturated heterocycles. The van der Waals surface area contributed by atoms with Gasteiger partial charge in [0.05, 0.1) is 11.6 Å². The Morgan fingerprint density at radius 1 is 1.25 bits per heavy atom. The zero-order valence-electron chi connectivity index (χ0n) is 12.2. The molecule has 1 N–H and O–H groups in total. The molecule has 1 fully saturated rings. The van der Waals surface area contributed by atoms with E-state index in [4.69, 9.17) is 27.9 Å². The first kappa shape index (κ1) is 15.9.